The summed E-state index contributed by atoms with van der Waals surface area (Å²) in [5.41, 5.74) is 8.34. The van der Waals surface area contributed by atoms with Crippen LogP contribution < -0.4 is 16.4 Å². The Morgan fingerprint density at radius 1 is 1.23 bits per heavy atom. The molecule has 0 saturated heterocycles. The van der Waals surface area contributed by atoms with E-state index in [1.54, 1.807) is 0 Å². The highest BCUT2D eigenvalue weighted by Gasteiger charge is 2.14. The molecule has 0 radical (unpaired) electrons. The molecule has 1 aliphatic heterocycles. The highest BCUT2D eigenvalue weighted by Crippen LogP contribution is 2.00. The van der Waals surface area contributed by atoms with Crippen molar-refractivity contribution >= 4 is 5.70 Å². The minimum Gasteiger partial charge on any atom is -0.400 e. The van der Waals surface area contributed by atoms with Gasteiger partial charge in [-0.2, -0.15) is 0 Å². The van der Waals surface area contributed by atoms with E-state index in [0.29, 0.717) is 0 Å². The Morgan fingerprint density at radius 2 is 1.92 bits per heavy atom. The maximum absolute atomic E-state index is 5.88. The zero-order valence-corrected chi connectivity index (χ0v) is 8.00. The fraction of sp³-hybridized carbons (Fsp3) is 0.444. The number of nitrogens with zero attached hydrogens (tertiary/aromatic N) is 3. The first kappa shape index (κ1) is 8.16. The molecule has 0 fully saturated rings. The van der Waals surface area contributed by atoms with E-state index in [4.69, 9.17) is 5.73 Å². The summed E-state index contributed by atoms with van der Waals surface area (Å²) < 4.78 is 0. The molecule has 68 valence electrons. The average molecular weight is 176 g/mol. The number of nitrogens with two attached hydrogens (primary N) is 1. The van der Waals surface area contributed by atoms with Crippen molar-refractivity contribution in [1.29, 1.82) is 0 Å². The summed E-state index contributed by atoms with van der Waals surface area (Å²) in [4.78, 5) is 12.8. The molecular formula is C9H12N4. The lowest BCUT2D eigenvalue weighted by Crippen LogP contribution is -2.33. The second kappa shape index (κ2) is 2.52. The summed E-state index contributed by atoms with van der Waals surface area (Å²) in [6.07, 6.45) is 0. The fourth-order valence-electron chi connectivity index (χ4n) is 1.59. The van der Waals surface area contributed by atoms with E-state index in [1.807, 2.05) is 20.8 Å². The monoisotopic (exact) mass is 176 g/mol. The van der Waals surface area contributed by atoms with Crippen LogP contribution in [0.1, 0.15) is 18.4 Å². The van der Waals surface area contributed by atoms with Crippen LogP contribution in [0.25, 0.3) is 5.70 Å². The molecule has 2 heterocycles. The van der Waals surface area contributed by atoms with E-state index >= 15 is 0 Å². The van der Waals surface area contributed by atoms with E-state index in [9.17, 15) is 0 Å². The molecule has 1 atom stereocenters. The fourth-order valence-corrected chi connectivity index (χ4v) is 1.59. The predicted octanol–water partition coefficient (Wildman–Crippen LogP) is -0.818. The van der Waals surface area contributed by atoms with Crippen molar-refractivity contribution < 1.29 is 0 Å². The van der Waals surface area contributed by atoms with Gasteiger partial charge in [-0.3, -0.25) is 4.99 Å². The SMILES string of the molecule is Cc1nc(C)c2c(n1)=NC(C)C=2N. The van der Waals surface area contributed by atoms with Crippen molar-refractivity contribution in [3.05, 3.63) is 22.2 Å². The summed E-state index contributed by atoms with van der Waals surface area (Å²) in [7, 11) is 0. The smallest absolute Gasteiger partial charge is 0.161 e. The zero-order chi connectivity index (χ0) is 9.59. The molecule has 0 aromatic carbocycles. The van der Waals surface area contributed by atoms with Crippen molar-refractivity contribution in [2.75, 3.05) is 0 Å². The quantitative estimate of drug-likeness (QED) is 0.562. The van der Waals surface area contributed by atoms with E-state index in [-0.39, 0.29) is 6.04 Å². The number of aromatic nitrogens is 2. The van der Waals surface area contributed by atoms with Gasteiger partial charge in [-0.05, 0) is 20.8 Å². The second-order valence-corrected chi connectivity index (χ2v) is 3.32. The van der Waals surface area contributed by atoms with Gasteiger partial charge in [-0.25, -0.2) is 9.97 Å². The molecule has 0 aliphatic carbocycles. The summed E-state index contributed by atoms with van der Waals surface area (Å²) >= 11 is 0. The maximum atomic E-state index is 5.88. The Bertz CT molecular complexity index is 475. The molecule has 4 nitrogen and oxygen atoms in total. The molecule has 1 aliphatic rings. The summed E-state index contributed by atoms with van der Waals surface area (Å²) in [5, 5.41) is 0.929. The van der Waals surface area contributed by atoms with Crippen LogP contribution in [-0.2, 0) is 0 Å². The molecule has 0 bridgehead atoms. The average Bonchev–Trinajstić information content (AvgIpc) is 2.27. The Balaban J connectivity index is 2.93. The van der Waals surface area contributed by atoms with Crippen molar-refractivity contribution in [2.45, 2.75) is 26.8 Å². The number of fused-ring (bicyclic) bond motifs is 1. The number of rotatable bonds is 0. The molecule has 0 saturated carbocycles. The molecule has 0 spiro atoms. The Hall–Kier alpha value is -1.45. The third-order valence-electron chi connectivity index (χ3n) is 2.24. The number of aryl methyl sites for hydroxylation is 2. The minimum absolute atomic E-state index is 0.0461. The Labute approximate surface area is 76.2 Å². The lowest BCUT2D eigenvalue weighted by molar-refractivity contribution is 0.882. The van der Waals surface area contributed by atoms with Crippen LogP contribution >= 0.6 is 0 Å². The third-order valence-corrected chi connectivity index (χ3v) is 2.24. The van der Waals surface area contributed by atoms with Gasteiger partial charge in [0.2, 0.25) is 0 Å². The number of hydrogen-bond donors (Lipinski definition) is 1. The second-order valence-electron chi connectivity index (χ2n) is 3.32. The van der Waals surface area contributed by atoms with Crippen LogP contribution in [0.3, 0.4) is 0 Å². The molecule has 1 aromatic rings. The van der Waals surface area contributed by atoms with Gasteiger partial charge in [0, 0.05) is 5.70 Å². The van der Waals surface area contributed by atoms with E-state index in [2.05, 4.69) is 15.0 Å². The van der Waals surface area contributed by atoms with Gasteiger partial charge < -0.3 is 5.73 Å². The lowest BCUT2D eigenvalue weighted by atomic mass is 10.2. The molecule has 2 N–H and O–H groups in total. The molecule has 0 amide bonds. The van der Waals surface area contributed by atoms with E-state index in [0.717, 1.165) is 27.9 Å². The van der Waals surface area contributed by atoms with Gasteiger partial charge in [0.05, 0.1) is 17.0 Å². The van der Waals surface area contributed by atoms with Crippen molar-refractivity contribution in [1.82, 2.24) is 9.97 Å². The topological polar surface area (TPSA) is 64.2 Å². The molecule has 1 unspecified atom stereocenters. The molecule has 4 heteroatoms. The van der Waals surface area contributed by atoms with Crippen molar-refractivity contribution in [3.8, 4) is 0 Å². The molecular weight excluding hydrogens is 164 g/mol. The van der Waals surface area contributed by atoms with Gasteiger partial charge in [-0.1, -0.05) is 0 Å². The van der Waals surface area contributed by atoms with Crippen LogP contribution in [-0.4, -0.2) is 16.0 Å². The largest absolute Gasteiger partial charge is 0.400 e. The van der Waals surface area contributed by atoms with Crippen LogP contribution in [0.4, 0.5) is 0 Å². The van der Waals surface area contributed by atoms with Crippen LogP contribution in [0.5, 0.6) is 0 Å². The van der Waals surface area contributed by atoms with Crippen molar-refractivity contribution in [3.63, 3.8) is 0 Å². The maximum Gasteiger partial charge on any atom is 0.161 e. The van der Waals surface area contributed by atoms with E-state index in [1.165, 1.54) is 0 Å². The van der Waals surface area contributed by atoms with Gasteiger partial charge in [0.15, 0.2) is 5.49 Å². The first-order chi connectivity index (χ1) is 6.09. The highest BCUT2D eigenvalue weighted by atomic mass is 15.0. The van der Waals surface area contributed by atoms with Crippen molar-refractivity contribution in [2.24, 2.45) is 10.7 Å². The van der Waals surface area contributed by atoms with Gasteiger partial charge in [0.1, 0.15) is 5.82 Å². The molecule has 2 rings (SSSR count). The minimum atomic E-state index is 0.0461. The first-order valence-corrected chi connectivity index (χ1v) is 4.28. The Morgan fingerprint density at radius 3 is 2.62 bits per heavy atom. The van der Waals surface area contributed by atoms with Gasteiger partial charge in [-0.15, -0.1) is 0 Å². The standard InChI is InChI=1S/C9H12N4/c1-4-7-8(10)5(2)12-9(7)13-6(3)11-4/h5H,10H2,1-3H3. The molecule has 1 aromatic heterocycles. The molecule has 13 heavy (non-hydrogen) atoms. The normalized spacial score (nSPS) is 19.9. The van der Waals surface area contributed by atoms with Crippen LogP contribution in [0.2, 0.25) is 0 Å². The van der Waals surface area contributed by atoms with Gasteiger partial charge in [0.25, 0.3) is 0 Å². The zero-order valence-electron chi connectivity index (χ0n) is 8.00. The first-order valence-electron chi connectivity index (χ1n) is 4.28. The van der Waals surface area contributed by atoms with Crippen LogP contribution in [0, 0.1) is 13.8 Å². The number of hydrogen-bond acceptors (Lipinski definition) is 4. The Kier molecular flexibility index (Phi) is 1.58. The van der Waals surface area contributed by atoms with Crippen LogP contribution in [0.15, 0.2) is 4.99 Å². The summed E-state index contributed by atoms with van der Waals surface area (Å²) in [5.74, 6) is 0.752. The van der Waals surface area contributed by atoms with Gasteiger partial charge >= 0.3 is 0 Å². The highest BCUT2D eigenvalue weighted by molar-refractivity contribution is 5.48. The summed E-state index contributed by atoms with van der Waals surface area (Å²) in [6, 6.07) is 0.0461. The lowest BCUT2D eigenvalue weighted by Gasteiger charge is -1.98. The summed E-state index contributed by atoms with van der Waals surface area (Å²) in [6.45, 7) is 5.77. The van der Waals surface area contributed by atoms with E-state index < -0.39 is 0 Å². The third kappa shape index (κ3) is 1.09. The predicted molar refractivity (Wildman–Crippen MR) is 49.3 cm³/mol.